The number of anilines is 1. The van der Waals surface area contributed by atoms with E-state index < -0.39 is 12.1 Å². The Labute approximate surface area is 238 Å². The van der Waals surface area contributed by atoms with Gasteiger partial charge in [0.05, 0.1) is 18.2 Å². The summed E-state index contributed by atoms with van der Waals surface area (Å²) in [5, 5.41) is 7.49. The number of hydrogen-bond acceptors (Lipinski definition) is 7. The summed E-state index contributed by atoms with van der Waals surface area (Å²) in [7, 11) is 1.52. The number of fused-ring (bicyclic) bond motifs is 3. The van der Waals surface area contributed by atoms with Gasteiger partial charge in [-0.1, -0.05) is 52.3 Å². The van der Waals surface area contributed by atoms with Crippen molar-refractivity contribution >= 4 is 44.1 Å². The van der Waals surface area contributed by atoms with Crippen molar-refractivity contribution in [2.75, 3.05) is 19.0 Å². The van der Waals surface area contributed by atoms with Crippen molar-refractivity contribution in [2.45, 2.75) is 25.7 Å². The number of nitrogens with one attached hydrogen (secondary N) is 2. The smallest absolute Gasteiger partial charge is 0.343 e. The van der Waals surface area contributed by atoms with Crippen LogP contribution in [0.2, 0.25) is 0 Å². The third-order valence-electron chi connectivity index (χ3n) is 6.97. The highest BCUT2D eigenvalue weighted by atomic mass is 79.9. The van der Waals surface area contributed by atoms with Gasteiger partial charge in [0.1, 0.15) is 11.2 Å². The number of esters is 1. The first-order chi connectivity index (χ1) is 19.0. The molecule has 0 radical (unpaired) electrons. The van der Waals surface area contributed by atoms with Crippen LogP contribution < -0.4 is 20.1 Å². The molecule has 2 N–H and O–H groups in total. The zero-order valence-corrected chi connectivity index (χ0v) is 23.6. The molecule has 0 bridgehead atoms. The Hall–Kier alpha value is -3.66. The van der Waals surface area contributed by atoms with Gasteiger partial charge in [0.15, 0.2) is 11.5 Å². The number of carbonyl (C=O) groups is 2. The molecule has 0 unspecified atom stereocenters. The Morgan fingerprint density at radius 3 is 2.62 bits per heavy atom. The van der Waals surface area contributed by atoms with E-state index in [2.05, 4.69) is 55.7 Å². The van der Waals surface area contributed by atoms with Crippen molar-refractivity contribution in [1.29, 1.82) is 0 Å². The molecule has 1 aromatic heterocycles. The summed E-state index contributed by atoms with van der Waals surface area (Å²) in [6, 6.07) is 22.7. The third-order valence-corrected chi connectivity index (χ3v) is 8.64. The number of carbonyl (C=O) groups excluding carboxylic acids is 2. The van der Waals surface area contributed by atoms with Crippen LogP contribution in [-0.4, -0.2) is 30.4 Å². The van der Waals surface area contributed by atoms with Crippen molar-refractivity contribution < 1.29 is 19.1 Å². The number of methoxy groups -OCH3 is 1. The maximum Gasteiger partial charge on any atom is 0.343 e. The maximum atomic E-state index is 13.3. The molecule has 0 aliphatic carbocycles. The minimum Gasteiger partial charge on any atom is -0.493 e. The summed E-state index contributed by atoms with van der Waals surface area (Å²) < 4.78 is 12.0. The molecule has 3 aromatic carbocycles. The number of ether oxygens (including phenoxy) is 2. The van der Waals surface area contributed by atoms with Gasteiger partial charge in [0.2, 0.25) is 0 Å². The Morgan fingerprint density at radius 1 is 1.05 bits per heavy atom. The van der Waals surface area contributed by atoms with Crippen LogP contribution in [0, 0.1) is 0 Å². The first-order valence-corrected chi connectivity index (χ1v) is 14.2. The average molecular weight is 605 g/mol. The van der Waals surface area contributed by atoms with Gasteiger partial charge in [0, 0.05) is 29.0 Å². The molecule has 7 nitrogen and oxygen atoms in total. The third kappa shape index (κ3) is 5.30. The number of nitrogens with zero attached hydrogens (tertiary/aromatic N) is 1. The van der Waals surface area contributed by atoms with Crippen molar-refractivity contribution in [3.63, 3.8) is 0 Å². The Morgan fingerprint density at radius 2 is 1.85 bits per heavy atom. The average Bonchev–Trinajstić information content (AvgIpc) is 3.32. The Kier molecular flexibility index (Phi) is 7.12. The summed E-state index contributed by atoms with van der Waals surface area (Å²) in [4.78, 5) is 29.5. The highest BCUT2D eigenvalue weighted by molar-refractivity contribution is 9.10. The first kappa shape index (κ1) is 25.6. The van der Waals surface area contributed by atoms with E-state index in [-0.39, 0.29) is 5.91 Å². The predicted octanol–water partition coefficient (Wildman–Crippen LogP) is 6.15. The number of thiophene rings is 1. The van der Waals surface area contributed by atoms with Gasteiger partial charge in [-0.25, -0.2) is 4.79 Å². The number of benzene rings is 3. The van der Waals surface area contributed by atoms with Crippen molar-refractivity contribution in [1.82, 2.24) is 10.2 Å². The summed E-state index contributed by atoms with van der Waals surface area (Å²) in [6.45, 7) is 2.64. The zero-order valence-electron chi connectivity index (χ0n) is 21.2. The number of rotatable bonds is 6. The molecule has 0 spiro atoms. The number of amides is 1. The van der Waals surface area contributed by atoms with E-state index in [9.17, 15) is 9.59 Å². The standard InChI is InChI=1S/C30H26BrN3O4S/c1-37-24-15-20(9-12-23(24)38-30(36)19-7-10-21(31)11-8-19)27-32-28(35)26-22-13-14-34(16-18-5-3-2-4-6-18)17-25(22)39-29(26)33-27/h2-12,15,27,33H,13-14,16-17H2,1H3,(H,32,35)/t27-/m0/s1. The molecular formula is C30H26BrN3O4S. The van der Waals surface area contributed by atoms with E-state index >= 15 is 0 Å². The molecule has 4 aromatic rings. The van der Waals surface area contributed by atoms with E-state index in [0.717, 1.165) is 52.2 Å². The molecule has 0 saturated carbocycles. The molecule has 6 rings (SSSR count). The zero-order chi connectivity index (χ0) is 26.9. The fourth-order valence-corrected chi connectivity index (χ4v) is 6.58. The van der Waals surface area contributed by atoms with E-state index in [1.165, 1.54) is 17.6 Å². The van der Waals surface area contributed by atoms with Crippen molar-refractivity contribution in [3.8, 4) is 11.5 Å². The minimum absolute atomic E-state index is 0.0764. The largest absolute Gasteiger partial charge is 0.493 e. The maximum absolute atomic E-state index is 13.3. The Bertz CT molecular complexity index is 1540. The van der Waals surface area contributed by atoms with E-state index in [1.54, 1.807) is 47.7 Å². The molecule has 1 amide bonds. The van der Waals surface area contributed by atoms with Crippen molar-refractivity contribution in [2.24, 2.45) is 0 Å². The molecular weight excluding hydrogens is 578 g/mol. The van der Waals surface area contributed by atoms with Gasteiger partial charge >= 0.3 is 5.97 Å². The van der Waals surface area contributed by atoms with Crippen LogP contribution in [0.1, 0.15) is 48.4 Å². The lowest BCUT2D eigenvalue weighted by atomic mass is 10.00. The van der Waals surface area contributed by atoms with E-state index in [1.807, 2.05) is 12.1 Å². The van der Waals surface area contributed by atoms with Gasteiger partial charge in [-0.2, -0.15) is 0 Å². The molecule has 39 heavy (non-hydrogen) atoms. The molecule has 0 saturated heterocycles. The molecule has 198 valence electrons. The molecule has 1 atom stereocenters. The molecule has 3 heterocycles. The summed E-state index contributed by atoms with van der Waals surface area (Å²) in [5.74, 6) is 0.157. The predicted molar refractivity (Wildman–Crippen MR) is 155 cm³/mol. The second kappa shape index (κ2) is 10.8. The van der Waals surface area contributed by atoms with Crippen LogP contribution in [-0.2, 0) is 19.5 Å². The summed E-state index contributed by atoms with van der Waals surface area (Å²) in [6.07, 6.45) is 0.413. The van der Waals surface area contributed by atoms with Crippen LogP contribution in [0.5, 0.6) is 11.5 Å². The topological polar surface area (TPSA) is 79.9 Å². The van der Waals surface area contributed by atoms with Gasteiger partial charge in [-0.3, -0.25) is 9.69 Å². The second-order valence-electron chi connectivity index (χ2n) is 9.51. The molecule has 2 aliphatic heterocycles. The number of hydrogen-bond donors (Lipinski definition) is 2. The van der Waals surface area contributed by atoms with Crippen LogP contribution in [0.25, 0.3) is 0 Å². The lowest BCUT2D eigenvalue weighted by Crippen LogP contribution is -2.38. The van der Waals surface area contributed by atoms with Gasteiger partial charge in [0.25, 0.3) is 5.91 Å². The second-order valence-corrected chi connectivity index (χ2v) is 11.5. The molecule has 9 heteroatoms. The van der Waals surface area contributed by atoms with Crippen LogP contribution in [0.4, 0.5) is 5.00 Å². The van der Waals surface area contributed by atoms with E-state index in [4.69, 9.17) is 9.47 Å². The normalized spacial score (nSPS) is 16.5. The van der Waals surface area contributed by atoms with Gasteiger partial charge in [-0.05, 0) is 59.5 Å². The fraction of sp³-hybridized carbons (Fsp3) is 0.200. The van der Waals surface area contributed by atoms with Crippen molar-refractivity contribution in [3.05, 3.63) is 110 Å². The minimum atomic E-state index is -0.479. The van der Waals surface area contributed by atoms with Crippen LogP contribution in [0.3, 0.4) is 0 Å². The summed E-state index contributed by atoms with van der Waals surface area (Å²) >= 11 is 5.02. The first-order valence-electron chi connectivity index (χ1n) is 12.6. The van der Waals surface area contributed by atoms with Crippen LogP contribution in [0.15, 0.2) is 77.3 Å². The van der Waals surface area contributed by atoms with Crippen LogP contribution >= 0.6 is 27.3 Å². The highest BCUT2D eigenvalue weighted by Crippen LogP contribution is 2.42. The molecule has 2 aliphatic rings. The lowest BCUT2D eigenvalue weighted by Gasteiger charge is -2.29. The Balaban J connectivity index is 1.19. The fourth-order valence-electron chi connectivity index (χ4n) is 5.00. The SMILES string of the molecule is COc1cc([C@H]2NC(=O)c3c(sc4c3CCN(Cc3ccccc3)C4)N2)ccc1OC(=O)c1ccc(Br)cc1. The highest BCUT2D eigenvalue weighted by Gasteiger charge is 2.33. The monoisotopic (exact) mass is 603 g/mol. The quantitative estimate of drug-likeness (QED) is 0.203. The number of halogens is 1. The van der Waals surface area contributed by atoms with E-state index in [0.29, 0.717) is 17.1 Å². The lowest BCUT2D eigenvalue weighted by molar-refractivity contribution is 0.0729. The van der Waals surface area contributed by atoms with Gasteiger partial charge < -0.3 is 20.1 Å². The molecule has 0 fully saturated rings. The summed E-state index contributed by atoms with van der Waals surface area (Å²) in [5.41, 5.74) is 4.43. The van der Waals surface area contributed by atoms with Gasteiger partial charge in [-0.15, -0.1) is 11.3 Å².